The Bertz CT molecular complexity index is 652. The summed E-state index contributed by atoms with van der Waals surface area (Å²) in [6, 6.07) is 10.2. The molecule has 1 N–H and O–H groups in total. The molecule has 3 rings (SSSR count). The van der Waals surface area contributed by atoms with Crippen molar-refractivity contribution < 1.29 is 14.3 Å². The number of allylic oxidation sites excluding steroid dienone is 1. The molecule has 1 atom stereocenters. The fourth-order valence-corrected chi connectivity index (χ4v) is 3.29. The maximum atomic E-state index is 12.7. The van der Waals surface area contributed by atoms with Gasteiger partial charge in [-0.2, -0.15) is 0 Å². The SMILES string of the molecule is CC1(C)CC(=O)C=C(C(=O)N2CCC[C@H](Nc3ccccc3)C2)O1. The first-order chi connectivity index (χ1) is 11.4. The molecule has 0 aliphatic carbocycles. The highest BCUT2D eigenvalue weighted by atomic mass is 16.5. The quantitative estimate of drug-likeness (QED) is 0.927. The van der Waals surface area contributed by atoms with E-state index in [0.29, 0.717) is 19.5 Å². The van der Waals surface area contributed by atoms with Crippen LogP contribution in [0.1, 0.15) is 33.1 Å². The lowest BCUT2D eigenvalue weighted by molar-refractivity contribution is -0.138. The van der Waals surface area contributed by atoms with E-state index in [1.54, 1.807) is 4.90 Å². The van der Waals surface area contributed by atoms with E-state index in [1.165, 1.54) is 6.08 Å². The maximum Gasteiger partial charge on any atom is 0.289 e. The molecule has 1 fully saturated rings. The first kappa shape index (κ1) is 16.6. The van der Waals surface area contributed by atoms with E-state index in [1.807, 2.05) is 44.2 Å². The van der Waals surface area contributed by atoms with Gasteiger partial charge in [0.1, 0.15) is 5.60 Å². The summed E-state index contributed by atoms with van der Waals surface area (Å²) in [5.74, 6) is -0.0575. The van der Waals surface area contributed by atoms with Gasteiger partial charge in [-0.05, 0) is 38.8 Å². The Morgan fingerprint density at radius 3 is 2.75 bits per heavy atom. The molecular formula is C19H24N2O3. The summed E-state index contributed by atoms with van der Waals surface area (Å²) >= 11 is 0. The Morgan fingerprint density at radius 1 is 1.29 bits per heavy atom. The zero-order chi connectivity index (χ0) is 17.2. The van der Waals surface area contributed by atoms with E-state index >= 15 is 0 Å². The third-order valence-corrected chi connectivity index (χ3v) is 4.34. The molecule has 0 unspecified atom stereocenters. The van der Waals surface area contributed by atoms with Gasteiger partial charge in [0, 0.05) is 37.3 Å². The van der Waals surface area contributed by atoms with Gasteiger partial charge in [0.15, 0.2) is 11.5 Å². The van der Waals surface area contributed by atoms with Crippen molar-refractivity contribution in [2.45, 2.75) is 44.8 Å². The number of rotatable bonds is 3. The summed E-state index contributed by atoms with van der Waals surface area (Å²) in [6.45, 7) is 4.98. The normalized spacial score (nSPS) is 23.2. The van der Waals surface area contributed by atoms with Crippen LogP contribution in [0.2, 0.25) is 0 Å². The van der Waals surface area contributed by atoms with Gasteiger partial charge < -0.3 is 15.0 Å². The van der Waals surface area contributed by atoms with Gasteiger partial charge in [0.05, 0.1) is 0 Å². The van der Waals surface area contributed by atoms with Crippen molar-refractivity contribution in [2.24, 2.45) is 0 Å². The fraction of sp³-hybridized carbons (Fsp3) is 0.474. The highest BCUT2D eigenvalue weighted by Gasteiger charge is 2.34. The number of para-hydroxylation sites is 1. The van der Waals surface area contributed by atoms with E-state index in [0.717, 1.165) is 18.5 Å². The van der Waals surface area contributed by atoms with E-state index in [-0.39, 0.29) is 23.5 Å². The van der Waals surface area contributed by atoms with Crippen molar-refractivity contribution in [1.82, 2.24) is 4.90 Å². The summed E-state index contributed by atoms with van der Waals surface area (Å²) in [7, 11) is 0. The van der Waals surface area contributed by atoms with Crippen LogP contribution in [0.4, 0.5) is 5.69 Å². The van der Waals surface area contributed by atoms with Gasteiger partial charge in [-0.3, -0.25) is 9.59 Å². The highest BCUT2D eigenvalue weighted by Crippen LogP contribution is 2.27. The van der Waals surface area contributed by atoms with Crippen LogP contribution >= 0.6 is 0 Å². The number of likely N-dealkylation sites (tertiary alicyclic amines) is 1. The fourth-order valence-electron chi connectivity index (χ4n) is 3.29. The minimum absolute atomic E-state index is 0.0504. The number of hydrogen-bond donors (Lipinski definition) is 1. The van der Waals surface area contributed by atoms with Gasteiger partial charge in [-0.25, -0.2) is 0 Å². The Morgan fingerprint density at radius 2 is 2.04 bits per heavy atom. The van der Waals surface area contributed by atoms with Crippen LogP contribution in [0.5, 0.6) is 0 Å². The molecule has 2 aliphatic rings. The Hall–Kier alpha value is -2.30. The average Bonchev–Trinajstić information content (AvgIpc) is 2.53. The van der Waals surface area contributed by atoms with E-state index in [2.05, 4.69) is 5.32 Å². The zero-order valence-corrected chi connectivity index (χ0v) is 14.2. The number of ketones is 1. The largest absolute Gasteiger partial charge is 0.481 e. The van der Waals surface area contributed by atoms with E-state index < -0.39 is 5.60 Å². The molecule has 0 aromatic heterocycles. The number of nitrogens with one attached hydrogen (secondary N) is 1. The number of piperidine rings is 1. The number of carbonyl (C=O) groups excluding carboxylic acids is 2. The molecule has 0 saturated carbocycles. The predicted molar refractivity (Wildman–Crippen MR) is 92.5 cm³/mol. The molecule has 128 valence electrons. The molecule has 2 heterocycles. The van der Waals surface area contributed by atoms with Crippen molar-refractivity contribution in [3.63, 3.8) is 0 Å². The van der Waals surface area contributed by atoms with Gasteiger partial charge in [-0.15, -0.1) is 0 Å². The second-order valence-electron chi connectivity index (χ2n) is 7.11. The van der Waals surface area contributed by atoms with Crippen LogP contribution in [0.25, 0.3) is 0 Å². The van der Waals surface area contributed by atoms with Crippen molar-refractivity contribution in [3.8, 4) is 0 Å². The van der Waals surface area contributed by atoms with Crippen molar-refractivity contribution in [3.05, 3.63) is 42.2 Å². The molecular weight excluding hydrogens is 304 g/mol. The Labute approximate surface area is 142 Å². The van der Waals surface area contributed by atoms with Gasteiger partial charge in [0.25, 0.3) is 5.91 Å². The monoisotopic (exact) mass is 328 g/mol. The summed E-state index contributed by atoms with van der Waals surface area (Å²) in [5.41, 5.74) is 0.440. The number of ether oxygens (including phenoxy) is 1. The molecule has 0 bridgehead atoms. The second-order valence-corrected chi connectivity index (χ2v) is 7.11. The Kier molecular flexibility index (Phi) is 4.60. The third kappa shape index (κ3) is 3.96. The minimum Gasteiger partial charge on any atom is -0.481 e. The minimum atomic E-state index is -0.617. The number of hydrogen-bond acceptors (Lipinski definition) is 4. The topological polar surface area (TPSA) is 58.6 Å². The Balaban J connectivity index is 1.66. The summed E-state index contributed by atoms with van der Waals surface area (Å²) in [5, 5.41) is 3.47. The molecule has 24 heavy (non-hydrogen) atoms. The molecule has 1 amide bonds. The predicted octanol–water partition coefficient (Wildman–Crippen LogP) is 2.74. The summed E-state index contributed by atoms with van der Waals surface area (Å²) in [6.07, 6.45) is 3.60. The van der Waals surface area contributed by atoms with Crippen LogP contribution in [0.3, 0.4) is 0 Å². The van der Waals surface area contributed by atoms with Gasteiger partial charge in [0.2, 0.25) is 0 Å². The molecule has 1 saturated heterocycles. The van der Waals surface area contributed by atoms with E-state index in [9.17, 15) is 9.59 Å². The molecule has 2 aliphatic heterocycles. The van der Waals surface area contributed by atoms with Crippen molar-refractivity contribution >= 4 is 17.4 Å². The standard InChI is InChI=1S/C19H24N2O3/c1-19(2)12-16(22)11-17(24-19)18(23)21-10-6-9-15(13-21)20-14-7-4-3-5-8-14/h3-5,7-8,11,15,20H,6,9-10,12-13H2,1-2H3/t15-/m0/s1. The van der Waals surface area contributed by atoms with Crippen molar-refractivity contribution in [2.75, 3.05) is 18.4 Å². The summed E-state index contributed by atoms with van der Waals surface area (Å²) < 4.78 is 5.74. The van der Waals surface area contributed by atoms with Crippen LogP contribution in [-0.4, -0.2) is 41.3 Å². The highest BCUT2D eigenvalue weighted by molar-refractivity contribution is 6.01. The lowest BCUT2D eigenvalue weighted by atomic mass is 9.98. The smallest absolute Gasteiger partial charge is 0.289 e. The number of nitrogens with zero attached hydrogens (tertiary/aromatic N) is 1. The van der Waals surface area contributed by atoms with E-state index in [4.69, 9.17) is 4.74 Å². The van der Waals surface area contributed by atoms with Crippen LogP contribution in [0, 0.1) is 0 Å². The lowest BCUT2D eigenvalue weighted by Gasteiger charge is -2.36. The molecule has 0 radical (unpaired) electrons. The van der Waals surface area contributed by atoms with Gasteiger partial charge >= 0.3 is 0 Å². The molecule has 5 heteroatoms. The van der Waals surface area contributed by atoms with Crippen LogP contribution in [0.15, 0.2) is 42.2 Å². The maximum absolute atomic E-state index is 12.7. The third-order valence-electron chi connectivity index (χ3n) is 4.34. The first-order valence-electron chi connectivity index (χ1n) is 8.47. The number of benzene rings is 1. The molecule has 5 nitrogen and oxygen atoms in total. The lowest BCUT2D eigenvalue weighted by Crippen LogP contribution is -2.47. The van der Waals surface area contributed by atoms with Gasteiger partial charge in [-0.1, -0.05) is 18.2 Å². The number of carbonyl (C=O) groups is 2. The zero-order valence-electron chi connectivity index (χ0n) is 14.2. The number of amides is 1. The summed E-state index contributed by atoms with van der Waals surface area (Å²) in [4.78, 5) is 26.4. The average molecular weight is 328 g/mol. The van der Waals surface area contributed by atoms with Crippen LogP contribution < -0.4 is 5.32 Å². The molecule has 0 spiro atoms. The van der Waals surface area contributed by atoms with Crippen molar-refractivity contribution in [1.29, 1.82) is 0 Å². The first-order valence-corrected chi connectivity index (χ1v) is 8.47. The van der Waals surface area contributed by atoms with Crippen LogP contribution in [-0.2, 0) is 14.3 Å². The number of anilines is 1. The molecule has 1 aromatic carbocycles. The second kappa shape index (κ2) is 6.67. The molecule has 1 aromatic rings.